The third kappa shape index (κ3) is 1.15. The summed E-state index contributed by atoms with van der Waals surface area (Å²) in [5.74, 6) is -0.502. The van der Waals surface area contributed by atoms with Crippen molar-refractivity contribution in [3.8, 4) is 0 Å². The van der Waals surface area contributed by atoms with E-state index in [1.165, 1.54) is 6.08 Å². The molecule has 0 bridgehead atoms. The van der Waals surface area contributed by atoms with E-state index in [1.54, 1.807) is 20.1 Å². The van der Waals surface area contributed by atoms with E-state index in [4.69, 9.17) is 4.74 Å². The maximum atomic E-state index is 10.7. The standard InChI is InChI=1S/C10H12O3/c1-4-5-13-10(7-12)8(6-11)9(10,2)3/h4,8H,1,5H2,2-3H3. The molecule has 0 aromatic carbocycles. The Balaban J connectivity index is 2.79. The van der Waals surface area contributed by atoms with E-state index in [0.717, 1.165) is 0 Å². The minimum absolute atomic E-state index is 0.247. The van der Waals surface area contributed by atoms with Crippen molar-refractivity contribution < 1.29 is 14.3 Å². The Morgan fingerprint density at radius 2 is 2.15 bits per heavy atom. The normalized spacial score (nSPS) is 35.1. The first-order valence-corrected chi connectivity index (χ1v) is 4.08. The van der Waals surface area contributed by atoms with Crippen LogP contribution >= 0.6 is 0 Å². The third-order valence-electron chi connectivity index (χ3n) is 2.70. The first-order valence-electron chi connectivity index (χ1n) is 4.08. The van der Waals surface area contributed by atoms with Crippen LogP contribution in [0.25, 0.3) is 0 Å². The van der Waals surface area contributed by atoms with Crippen LogP contribution in [0.2, 0.25) is 0 Å². The van der Waals surface area contributed by atoms with Gasteiger partial charge in [0.2, 0.25) is 12.6 Å². The van der Waals surface area contributed by atoms with Crippen LogP contribution in [-0.2, 0) is 14.3 Å². The molecule has 1 saturated carbocycles. The highest BCUT2D eigenvalue weighted by atomic mass is 16.5. The quantitative estimate of drug-likeness (QED) is 0.588. The Morgan fingerprint density at radius 3 is 2.46 bits per heavy atom. The molecule has 0 heterocycles. The van der Waals surface area contributed by atoms with E-state index in [-0.39, 0.29) is 6.61 Å². The minimum Gasteiger partial charge on any atom is -0.361 e. The molecular formula is C10H12O3. The van der Waals surface area contributed by atoms with Crippen LogP contribution < -0.4 is 0 Å². The average Bonchev–Trinajstić information content (AvgIpc) is 2.58. The fourth-order valence-corrected chi connectivity index (χ4v) is 1.63. The van der Waals surface area contributed by atoms with Gasteiger partial charge in [-0.3, -0.25) is 9.59 Å². The van der Waals surface area contributed by atoms with Crippen molar-refractivity contribution in [2.24, 2.45) is 11.3 Å². The summed E-state index contributed by atoms with van der Waals surface area (Å²) in [5, 5.41) is 0. The van der Waals surface area contributed by atoms with Crippen LogP contribution in [0.5, 0.6) is 0 Å². The van der Waals surface area contributed by atoms with Gasteiger partial charge in [0, 0.05) is 5.41 Å². The fourth-order valence-electron chi connectivity index (χ4n) is 1.63. The Bertz CT molecular complexity index is 245. The smallest absolute Gasteiger partial charge is 0.234 e. The number of carbonyl (C=O) groups excluding carboxylic acids is 2. The lowest BCUT2D eigenvalue weighted by Crippen LogP contribution is -2.24. The van der Waals surface area contributed by atoms with Crippen LogP contribution in [-0.4, -0.2) is 24.8 Å². The largest absolute Gasteiger partial charge is 0.361 e. The van der Waals surface area contributed by atoms with Gasteiger partial charge in [-0.15, -0.1) is 6.58 Å². The van der Waals surface area contributed by atoms with E-state index < -0.39 is 16.9 Å². The number of hydrogen-bond acceptors (Lipinski definition) is 3. The van der Waals surface area contributed by atoms with E-state index in [9.17, 15) is 9.59 Å². The van der Waals surface area contributed by atoms with Crippen molar-refractivity contribution >= 4 is 12.6 Å². The topological polar surface area (TPSA) is 43.4 Å². The maximum absolute atomic E-state index is 10.7. The van der Waals surface area contributed by atoms with Gasteiger partial charge in [0.1, 0.15) is 0 Å². The molecule has 0 N–H and O–H groups in total. The van der Waals surface area contributed by atoms with Crippen molar-refractivity contribution in [1.82, 2.24) is 0 Å². The number of hydrogen-bond donors (Lipinski definition) is 0. The molecule has 1 rings (SSSR count). The molecule has 1 aliphatic rings. The van der Waals surface area contributed by atoms with Gasteiger partial charge >= 0.3 is 0 Å². The SMILES string of the molecule is C=CCOC1([C]=O)C([C]=O)C1(C)C. The Kier molecular flexibility index (Phi) is 2.39. The molecule has 0 aliphatic heterocycles. The van der Waals surface area contributed by atoms with Gasteiger partial charge in [-0.1, -0.05) is 19.9 Å². The van der Waals surface area contributed by atoms with Crippen LogP contribution in [0, 0.1) is 11.3 Å². The van der Waals surface area contributed by atoms with Crippen LogP contribution in [0.3, 0.4) is 0 Å². The Morgan fingerprint density at radius 1 is 1.54 bits per heavy atom. The zero-order valence-electron chi connectivity index (χ0n) is 7.79. The lowest BCUT2D eigenvalue weighted by Gasteiger charge is -2.11. The van der Waals surface area contributed by atoms with E-state index >= 15 is 0 Å². The summed E-state index contributed by atoms with van der Waals surface area (Å²) in [6.07, 6.45) is 5.14. The molecule has 0 amide bonds. The van der Waals surface area contributed by atoms with Crippen molar-refractivity contribution in [2.75, 3.05) is 6.61 Å². The lowest BCUT2D eigenvalue weighted by atomic mass is 10.1. The zero-order valence-corrected chi connectivity index (χ0v) is 7.79. The molecule has 1 aliphatic carbocycles. The number of rotatable bonds is 5. The average molecular weight is 180 g/mol. The van der Waals surface area contributed by atoms with Crippen molar-refractivity contribution in [3.63, 3.8) is 0 Å². The predicted molar refractivity (Wildman–Crippen MR) is 47.5 cm³/mol. The van der Waals surface area contributed by atoms with E-state index in [2.05, 4.69) is 6.58 Å². The van der Waals surface area contributed by atoms with E-state index in [1.807, 2.05) is 6.29 Å². The lowest BCUT2D eigenvalue weighted by molar-refractivity contribution is 0.0717. The summed E-state index contributed by atoms with van der Waals surface area (Å²) in [5.41, 5.74) is -1.58. The summed E-state index contributed by atoms with van der Waals surface area (Å²) in [7, 11) is 0. The molecule has 0 aromatic heterocycles. The highest BCUT2D eigenvalue weighted by Gasteiger charge is 2.74. The van der Waals surface area contributed by atoms with E-state index in [0.29, 0.717) is 0 Å². The molecule has 0 aromatic rings. The van der Waals surface area contributed by atoms with Gasteiger partial charge < -0.3 is 4.74 Å². The van der Waals surface area contributed by atoms with Gasteiger partial charge in [0.05, 0.1) is 12.5 Å². The predicted octanol–water partition coefficient (Wildman–Crippen LogP) is 0.803. The maximum Gasteiger partial charge on any atom is 0.234 e. The summed E-state index contributed by atoms with van der Waals surface area (Å²) >= 11 is 0. The molecule has 2 atom stereocenters. The van der Waals surface area contributed by atoms with Gasteiger partial charge in [-0.05, 0) is 0 Å². The van der Waals surface area contributed by atoms with Gasteiger partial charge in [0.15, 0.2) is 5.60 Å². The molecule has 70 valence electrons. The molecule has 2 unspecified atom stereocenters. The van der Waals surface area contributed by atoms with Crippen molar-refractivity contribution in [1.29, 1.82) is 0 Å². The summed E-state index contributed by atoms with van der Waals surface area (Å²) in [4.78, 5) is 21.2. The van der Waals surface area contributed by atoms with Gasteiger partial charge in [-0.25, -0.2) is 0 Å². The zero-order chi connectivity index (χ0) is 10.1. The molecule has 0 spiro atoms. The monoisotopic (exact) mass is 180 g/mol. The third-order valence-corrected chi connectivity index (χ3v) is 2.70. The van der Waals surface area contributed by atoms with Gasteiger partial charge in [0.25, 0.3) is 0 Å². The fraction of sp³-hybridized carbons (Fsp3) is 0.600. The molecule has 13 heavy (non-hydrogen) atoms. The van der Waals surface area contributed by atoms with Crippen LogP contribution in [0.15, 0.2) is 12.7 Å². The molecule has 3 nitrogen and oxygen atoms in total. The second kappa shape index (κ2) is 3.07. The molecule has 1 fully saturated rings. The molecule has 0 saturated heterocycles. The highest BCUT2D eigenvalue weighted by Crippen LogP contribution is 2.61. The molecule has 2 radical (unpaired) electrons. The highest BCUT2D eigenvalue weighted by molar-refractivity contribution is 5.83. The van der Waals surface area contributed by atoms with Crippen LogP contribution in [0.1, 0.15) is 13.8 Å². The summed E-state index contributed by atoms with van der Waals surface area (Å²) in [6.45, 7) is 7.29. The Labute approximate surface area is 77.8 Å². The summed E-state index contributed by atoms with van der Waals surface area (Å²) < 4.78 is 5.25. The number of ether oxygens (including phenoxy) is 1. The van der Waals surface area contributed by atoms with Crippen molar-refractivity contribution in [2.45, 2.75) is 19.4 Å². The molecule has 3 heteroatoms. The summed E-state index contributed by atoms with van der Waals surface area (Å²) in [6, 6.07) is 0. The second-order valence-electron chi connectivity index (χ2n) is 3.71. The van der Waals surface area contributed by atoms with Gasteiger partial charge in [-0.2, -0.15) is 0 Å². The molecular weight excluding hydrogens is 168 g/mol. The van der Waals surface area contributed by atoms with Crippen LogP contribution in [0.4, 0.5) is 0 Å². The first kappa shape index (κ1) is 10.1. The second-order valence-corrected chi connectivity index (χ2v) is 3.71. The Hall–Kier alpha value is -0.960. The minimum atomic E-state index is -1.09. The first-order chi connectivity index (χ1) is 6.06. The van der Waals surface area contributed by atoms with Crippen molar-refractivity contribution in [3.05, 3.63) is 12.7 Å².